The van der Waals surface area contributed by atoms with Crippen LogP contribution in [0.1, 0.15) is 42.2 Å². The summed E-state index contributed by atoms with van der Waals surface area (Å²) < 4.78 is 4.94. The number of aromatic nitrogens is 1. The smallest absolute Gasteiger partial charge is 0.314 e. The molecule has 1 rings (SSSR count). The van der Waals surface area contributed by atoms with Crippen molar-refractivity contribution in [3.8, 4) is 0 Å². The van der Waals surface area contributed by atoms with E-state index < -0.39 is 0 Å². The SMILES string of the molecule is CCOC(=O)C(CC)c1[nH]ccc1C=O. The van der Waals surface area contributed by atoms with E-state index in [1.807, 2.05) is 6.92 Å². The lowest BCUT2D eigenvalue weighted by atomic mass is 10.00. The molecule has 0 radical (unpaired) electrons. The first-order chi connectivity index (χ1) is 7.24. The number of esters is 1. The number of nitrogens with one attached hydrogen (secondary N) is 1. The lowest BCUT2D eigenvalue weighted by molar-refractivity contribution is -0.145. The average Bonchev–Trinajstić information content (AvgIpc) is 2.67. The zero-order chi connectivity index (χ0) is 11.3. The van der Waals surface area contributed by atoms with Gasteiger partial charge in [0.05, 0.1) is 12.5 Å². The van der Waals surface area contributed by atoms with Crippen LogP contribution < -0.4 is 0 Å². The van der Waals surface area contributed by atoms with Gasteiger partial charge in [-0.05, 0) is 19.4 Å². The minimum absolute atomic E-state index is 0.287. The Bertz CT molecular complexity index is 343. The van der Waals surface area contributed by atoms with Gasteiger partial charge in [0.15, 0.2) is 6.29 Å². The molecule has 0 saturated heterocycles. The molecule has 1 N–H and O–H groups in total. The highest BCUT2D eigenvalue weighted by Crippen LogP contribution is 2.22. The van der Waals surface area contributed by atoms with Gasteiger partial charge in [0.1, 0.15) is 0 Å². The maximum atomic E-state index is 11.6. The van der Waals surface area contributed by atoms with Crippen LogP contribution in [-0.2, 0) is 9.53 Å². The Morgan fingerprint density at radius 2 is 2.33 bits per heavy atom. The molecule has 0 fully saturated rings. The predicted octanol–water partition coefficient (Wildman–Crippen LogP) is 1.88. The Hall–Kier alpha value is -1.58. The van der Waals surface area contributed by atoms with Gasteiger partial charge in [0, 0.05) is 17.5 Å². The Labute approximate surface area is 88.6 Å². The Balaban J connectivity index is 2.91. The van der Waals surface area contributed by atoms with Gasteiger partial charge in [-0.3, -0.25) is 9.59 Å². The summed E-state index contributed by atoms with van der Waals surface area (Å²) in [6.45, 7) is 4.00. The van der Waals surface area contributed by atoms with Gasteiger partial charge in [0.2, 0.25) is 0 Å². The minimum atomic E-state index is -0.375. The van der Waals surface area contributed by atoms with Gasteiger partial charge in [0.25, 0.3) is 0 Å². The average molecular weight is 209 g/mol. The Morgan fingerprint density at radius 1 is 1.60 bits per heavy atom. The van der Waals surface area contributed by atoms with E-state index in [0.29, 0.717) is 24.3 Å². The van der Waals surface area contributed by atoms with Crippen LogP contribution in [0, 0.1) is 0 Å². The molecule has 0 aliphatic carbocycles. The van der Waals surface area contributed by atoms with Crippen molar-refractivity contribution in [2.75, 3.05) is 6.61 Å². The van der Waals surface area contributed by atoms with Crippen molar-refractivity contribution in [2.45, 2.75) is 26.2 Å². The largest absolute Gasteiger partial charge is 0.465 e. The fourth-order valence-electron chi connectivity index (χ4n) is 1.53. The zero-order valence-electron chi connectivity index (χ0n) is 8.95. The van der Waals surface area contributed by atoms with Crippen molar-refractivity contribution >= 4 is 12.3 Å². The van der Waals surface area contributed by atoms with Gasteiger partial charge < -0.3 is 9.72 Å². The highest BCUT2D eigenvalue weighted by Gasteiger charge is 2.23. The van der Waals surface area contributed by atoms with Gasteiger partial charge in [-0.1, -0.05) is 6.92 Å². The first-order valence-electron chi connectivity index (χ1n) is 5.03. The molecule has 4 nitrogen and oxygen atoms in total. The number of aldehydes is 1. The van der Waals surface area contributed by atoms with Crippen molar-refractivity contribution in [1.82, 2.24) is 4.98 Å². The molecular formula is C11H15NO3. The molecule has 0 amide bonds. The maximum Gasteiger partial charge on any atom is 0.314 e. The fraction of sp³-hybridized carbons (Fsp3) is 0.455. The Morgan fingerprint density at radius 3 is 2.87 bits per heavy atom. The van der Waals surface area contributed by atoms with Crippen LogP contribution in [0.25, 0.3) is 0 Å². The van der Waals surface area contributed by atoms with E-state index in [0.717, 1.165) is 6.29 Å². The van der Waals surface area contributed by atoms with Crippen molar-refractivity contribution in [2.24, 2.45) is 0 Å². The quantitative estimate of drug-likeness (QED) is 0.595. The third-order valence-corrected chi connectivity index (χ3v) is 2.27. The van der Waals surface area contributed by atoms with Crippen molar-refractivity contribution in [3.63, 3.8) is 0 Å². The molecule has 0 aliphatic heterocycles. The second kappa shape index (κ2) is 5.34. The molecule has 4 heteroatoms. The first kappa shape index (κ1) is 11.5. The van der Waals surface area contributed by atoms with E-state index in [2.05, 4.69) is 4.98 Å². The standard InChI is InChI=1S/C11H15NO3/c1-3-9(11(14)15-4-2)10-8(7-13)5-6-12-10/h5-7,9,12H,3-4H2,1-2H3. The predicted molar refractivity (Wildman–Crippen MR) is 55.8 cm³/mol. The summed E-state index contributed by atoms with van der Waals surface area (Å²) >= 11 is 0. The van der Waals surface area contributed by atoms with Crippen molar-refractivity contribution in [1.29, 1.82) is 0 Å². The monoisotopic (exact) mass is 209 g/mol. The molecule has 0 aliphatic rings. The van der Waals surface area contributed by atoms with E-state index in [1.54, 1.807) is 19.2 Å². The van der Waals surface area contributed by atoms with Crippen molar-refractivity contribution < 1.29 is 14.3 Å². The molecule has 1 atom stereocenters. The topological polar surface area (TPSA) is 59.2 Å². The molecule has 1 unspecified atom stereocenters. The normalized spacial score (nSPS) is 12.1. The molecule has 1 aromatic heterocycles. The third kappa shape index (κ3) is 2.46. The number of H-pyrrole nitrogens is 1. The van der Waals surface area contributed by atoms with Crippen LogP contribution in [-0.4, -0.2) is 23.8 Å². The number of ether oxygens (including phenoxy) is 1. The zero-order valence-corrected chi connectivity index (χ0v) is 8.95. The fourth-order valence-corrected chi connectivity index (χ4v) is 1.53. The van der Waals surface area contributed by atoms with E-state index >= 15 is 0 Å². The summed E-state index contributed by atoms with van der Waals surface area (Å²) in [7, 11) is 0. The van der Waals surface area contributed by atoms with Gasteiger partial charge in [-0.15, -0.1) is 0 Å². The number of rotatable bonds is 5. The lowest BCUT2D eigenvalue weighted by Gasteiger charge is -2.12. The van der Waals surface area contributed by atoms with E-state index in [-0.39, 0.29) is 11.9 Å². The number of carbonyl (C=O) groups excluding carboxylic acids is 2. The van der Waals surface area contributed by atoms with Gasteiger partial charge in [-0.2, -0.15) is 0 Å². The Kier molecular flexibility index (Phi) is 4.09. The summed E-state index contributed by atoms with van der Waals surface area (Å²) in [5, 5.41) is 0. The molecule has 15 heavy (non-hydrogen) atoms. The molecule has 82 valence electrons. The molecule has 0 bridgehead atoms. The van der Waals surface area contributed by atoms with Crippen LogP contribution in [0.4, 0.5) is 0 Å². The summed E-state index contributed by atoms with van der Waals surface area (Å²) in [6.07, 6.45) is 3.01. The second-order valence-electron chi connectivity index (χ2n) is 3.18. The minimum Gasteiger partial charge on any atom is -0.465 e. The summed E-state index contributed by atoms with van der Waals surface area (Å²) in [5.74, 6) is -0.661. The van der Waals surface area contributed by atoms with Crippen LogP contribution in [0.5, 0.6) is 0 Å². The van der Waals surface area contributed by atoms with E-state index in [1.165, 1.54) is 0 Å². The molecular weight excluding hydrogens is 194 g/mol. The van der Waals surface area contributed by atoms with Crippen LogP contribution in [0.15, 0.2) is 12.3 Å². The van der Waals surface area contributed by atoms with E-state index in [9.17, 15) is 9.59 Å². The lowest BCUT2D eigenvalue weighted by Crippen LogP contribution is -2.16. The summed E-state index contributed by atoms with van der Waals surface area (Å²) in [5.41, 5.74) is 1.17. The molecule has 0 saturated carbocycles. The molecule has 1 aromatic rings. The highest BCUT2D eigenvalue weighted by molar-refractivity contribution is 5.84. The van der Waals surface area contributed by atoms with E-state index in [4.69, 9.17) is 4.74 Å². The highest BCUT2D eigenvalue weighted by atomic mass is 16.5. The number of carbonyl (C=O) groups is 2. The molecule has 0 aromatic carbocycles. The van der Waals surface area contributed by atoms with Crippen LogP contribution in [0.2, 0.25) is 0 Å². The molecule has 0 spiro atoms. The number of hydrogen-bond donors (Lipinski definition) is 1. The number of aromatic amines is 1. The third-order valence-electron chi connectivity index (χ3n) is 2.27. The summed E-state index contributed by atoms with van der Waals surface area (Å²) in [4.78, 5) is 25.2. The second-order valence-corrected chi connectivity index (χ2v) is 3.18. The first-order valence-corrected chi connectivity index (χ1v) is 5.03. The number of hydrogen-bond acceptors (Lipinski definition) is 3. The van der Waals surface area contributed by atoms with Crippen LogP contribution in [0.3, 0.4) is 0 Å². The summed E-state index contributed by atoms with van der Waals surface area (Å²) in [6, 6.07) is 1.66. The van der Waals surface area contributed by atoms with Crippen molar-refractivity contribution in [3.05, 3.63) is 23.5 Å². The van der Waals surface area contributed by atoms with Gasteiger partial charge >= 0.3 is 5.97 Å². The maximum absolute atomic E-state index is 11.6. The van der Waals surface area contributed by atoms with Crippen LogP contribution >= 0.6 is 0 Å². The van der Waals surface area contributed by atoms with Gasteiger partial charge in [-0.25, -0.2) is 0 Å². The molecule has 1 heterocycles.